The van der Waals surface area contributed by atoms with Crippen LogP contribution < -0.4 is 10.6 Å². The Balaban J connectivity index is 1.96. The van der Waals surface area contributed by atoms with Gasteiger partial charge in [-0.3, -0.25) is 9.69 Å². The van der Waals surface area contributed by atoms with Crippen molar-refractivity contribution in [2.24, 2.45) is 0 Å². The summed E-state index contributed by atoms with van der Waals surface area (Å²) in [5, 5.41) is 5.73. The second-order valence-electron chi connectivity index (χ2n) is 8.23. The van der Waals surface area contributed by atoms with Crippen LogP contribution in [0.2, 0.25) is 0 Å². The molecule has 1 aliphatic rings. The average Bonchev–Trinajstić information content (AvgIpc) is 3.12. The van der Waals surface area contributed by atoms with Gasteiger partial charge in [-0.25, -0.2) is 4.79 Å². The van der Waals surface area contributed by atoms with Gasteiger partial charge in [-0.15, -0.1) is 0 Å². The molecule has 1 fully saturated rings. The number of benzene rings is 1. The second-order valence-corrected chi connectivity index (χ2v) is 8.23. The zero-order valence-electron chi connectivity index (χ0n) is 17.0. The molecule has 2 rings (SSSR count). The minimum absolute atomic E-state index is 0.184. The van der Waals surface area contributed by atoms with E-state index < -0.39 is 17.7 Å². The fraction of sp³-hybridized carbons (Fsp3) is 0.619. The number of likely N-dealkylation sites (tertiary alicyclic amines) is 1. The van der Waals surface area contributed by atoms with E-state index in [4.69, 9.17) is 4.74 Å². The Morgan fingerprint density at radius 2 is 1.78 bits per heavy atom. The molecule has 27 heavy (non-hydrogen) atoms. The number of hydrogen-bond donors (Lipinski definition) is 2. The van der Waals surface area contributed by atoms with Crippen molar-refractivity contribution in [3.05, 3.63) is 35.9 Å². The summed E-state index contributed by atoms with van der Waals surface area (Å²) in [5.74, 6) is -0.184. The lowest BCUT2D eigenvalue weighted by Gasteiger charge is -2.26. The monoisotopic (exact) mass is 375 g/mol. The zero-order chi connectivity index (χ0) is 19.9. The standard InChI is InChI=1S/C21H33N3O3/c1-16(24-12-8-9-13-24)15-22-19(25)18(14-17-10-6-5-7-11-17)23-20(26)27-21(2,3)4/h5-7,10-11,16,18H,8-9,12-15H2,1-4H3,(H,22,25)(H,23,26). The summed E-state index contributed by atoms with van der Waals surface area (Å²) in [5.41, 5.74) is 0.378. The summed E-state index contributed by atoms with van der Waals surface area (Å²) in [7, 11) is 0. The molecule has 2 unspecified atom stereocenters. The molecule has 6 nitrogen and oxygen atoms in total. The van der Waals surface area contributed by atoms with E-state index >= 15 is 0 Å². The van der Waals surface area contributed by atoms with Crippen molar-refractivity contribution in [3.8, 4) is 0 Å². The van der Waals surface area contributed by atoms with Gasteiger partial charge in [-0.05, 0) is 59.2 Å². The van der Waals surface area contributed by atoms with Gasteiger partial charge in [0.25, 0.3) is 0 Å². The maximum absolute atomic E-state index is 12.8. The van der Waals surface area contributed by atoms with Gasteiger partial charge in [0, 0.05) is 19.0 Å². The van der Waals surface area contributed by atoms with Crippen molar-refractivity contribution in [1.82, 2.24) is 15.5 Å². The van der Waals surface area contributed by atoms with Gasteiger partial charge in [0.2, 0.25) is 5.91 Å². The van der Waals surface area contributed by atoms with Gasteiger partial charge in [0.1, 0.15) is 11.6 Å². The predicted molar refractivity (Wildman–Crippen MR) is 107 cm³/mol. The van der Waals surface area contributed by atoms with Crippen molar-refractivity contribution < 1.29 is 14.3 Å². The minimum atomic E-state index is -0.673. The van der Waals surface area contributed by atoms with Crippen LogP contribution >= 0.6 is 0 Å². The quantitative estimate of drug-likeness (QED) is 0.769. The molecule has 0 radical (unpaired) electrons. The third-order valence-electron chi connectivity index (χ3n) is 4.63. The number of nitrogens with one attached hydrogen (secondary N) is 2. The van der Waals surface area contributed by atoms with E-state index in [9.17, 15) is 9.59 Å². The van der Waals surface area contributed by atoms with E-state index in [1.165, 1.54) is 12.8 Å². The topological polar surface area (TPSA) is 70.7 Å². The molecule has 0 spiro atoms. The smallest absolute Gasteiger partial charge is 0.408 e. The van der Waals surface area contributed by atoms with Crippen LogP contribution in [0.15, 0.2) is 30.3 Å². The Bertz CT molecular complexity index is 607. The highest BCUT2D eigenvalue weighted by Crippen LogP contribution is 2.11. The lowest BCUT2D eigenvalue weighted by Crippen LogP contribution is -2.51. The zero-order valence-corrected chi connectivity index (χ0v) is 17.0. The number of nitrogens with zero attached hydrogens (tertiary/aromatic N) is 1. The van der Waals surface area contributed by atoms with Crippen LogP contribution in [-0.2, 0) is 16.0 Å². The van der Waals surface area contributed by atoms with Crippen LogP contribution in [-0.4, -0.2) is 54.2 Å². The van der Waals surface area contributed by atoms with Crippen LogP contribution in [0, 0.1) is 0 Å². The fourth-order valence-corrected chi connectivity index (χ4v) is 3.19. The molecular formula is C21H33N3O3. The predicted octanol–water partition coefficient (Wildman–Crippen LogP) is 2.72. The number of amides is 2. The number of carbonyl (C=O) groups is 2. The highest BCUT2D eigenvalue weighted by atomic mass is 16.6. The van der Waals surface area contributed by atoms with Gasteiger partial charge < -0.3 is 15.4 Å². The third-order valence-corrected chi connectivity index (χ3v) is 4.63. The lowest BCUT2D eigenvalue weighted by atomic mass is 10.1. The Morgan fingerprint density at radius 3 is 2.37 bits per heavy atom. The number of hydrogen-bond acceptors (Lipinski definition) is 4. The molecule has 2 N–H and O–H groups in total. The van der Waals surface area contributed by atoms with E-state index in [1.807, 2.05) is 30.3 Å². The highest BCUT2D eigenvalue weighted by Gasteiger charge is 2.26. The van der Waals surface area contributed by atoms with Crippen molar-refractivity contribution >= 4 is 12.0 Å². The number of ether oxygens (including phenoxy) is 1. The number of carbonyl (C=O) groups excluding carboxylic acids is 2. The first-order valence-electron chi connectivity index (χ1n) is 9.80. The molecule has 0 aliphatic carbocycles. The summed E-state index contributed by atoms with van der Waals surface area (Å²) in [6.07, 6.45) is 2.28. The Morgan fingerprint density at radius 1 is 1.15 bits per heavy atom. The van der Waals surface area contributed by atoms with E-state index in [0.29, 0.717) is 13.0 Å². The molecule has 1 saturated heterocycles. The molecular weight excluding hydrogens is 342 g/mol. The van der Waals surface area contributed by atoms with Gasteiger partial charge in [0.15, 0.2) is 0 Å². The molecule has 150 valence electrons. The second kappa shape index (κ2) is 9.74. The van der Waals surface area contributed by atoms with Gasteiger partial charge in [-0.2, -0.15) is 0 Å². The molecule has 0 aromatic heterocycles. The van der Waals surface area contributed by atoms with Crippen LogP contribution in [0.1, 0.15) is 46.1 Å². The van der Waals surface area contributed by atoms with Gasteiger partial charge >= 0.3 is 6.09 Å². The van der Waals surface area contributed by atoms with E-state index in [0.717, 1.165) is 18.7 Å². The Hall–Kier alpha value is -2.08. The third kappa shape index (κ3) is 7.59. The molecule has 0 saturated carbocycles. The van der Waals surface area contributed by atoms with Crippen LogP contribution in [0.3, 0.4) is 0 Å². The maximum atomic E-state index is 12.8. The Kier molecular flexibility index (Phi) is 7.66. The van der Waals surface area contributed by atoms with Crippen LogP contribution in [0.4, 0.5) is 4.79 Å². The summed E-state index contributed by atoms with van der Waals surface area (Å²) >= 11 is 0. The molecule has 6 heteroatoms. The lowest BCUT2D eigenvalue weighted by molar-refractivity contribution is -0.123. The first-order chi connectivity index (χ1) is 12.7. The normalized spacial score (nSPS) is 17.2. The number of alkyl carbamates (subject to hydrolysis) is 1. The fourth-order valence-electron chi connectivity index (χ4n) is 3.19. The molecule has 1 aromatic rings. The van der Waals surface area contributed by atoms with Crippen molar-refractivity contribution in [1.29, 1.82) is 0 Å². The van der Waals surface area contributed by atoms with Crippen LogP contribution in [0.5, 0.6) is 0 Å². The molecule has 1 aliphatic heterocycles. The van der Waals surface area contributed by atoms with Gasteiger partial charge in [-0.1, -0.05) is 30.3 Å². The first kappa shape index (κ1) is 21.2. The molecule has 0 bridgehead atoms. The van der Waals surface area contributed by atoms with E-state index in [-0.39, 0.29) is 11.9 Å². The molecule has 1 aromatic carbocycles. The minimum Gasteiger partial charge on any atom is -0.444 e. The van der Waals surface area contributed by atoms with E-state index in [1.54, 1.807) is 20.8 Å². The van der Waals surface area contributed by atoms with Crippen molar-refractivity contribution in [2.75, 3.05) is 19.6 Å². The molecule has 2 atom stereocenters. The van der Waals surface area contributed by atoms with E-state index in [2.05, 4.69) is 22.5 Å². The largest absolute Gasteiger partial charge is 0.444 e. The summed E-state index contributed by atoms with van der Waals surface area (Å²) in [6.45, 7) is 10.3. The summed E-state index contributed by atoms with van der Waals surface area (Å²) < 4.78 is 5.32. The number of rotatable bonds is 7. The summed E-state index contributed by atoms with van der Waals surface area (Å²) in [6, 6.07) is 9.29. The van der Waals surface area contributed by atoms with Crippen molar-refractivity contribution in [2.45, 2.75) is 64.6 Å². The average molecular weight is 376 g/mol. The van der Waals surface area contributed by atoms with Crippen molar-refractivity contribution in [3.63, 3.8) is 0 Å². The molecule has 1 heterocycles. The maximum Gasteiger partial charge on any atom is 0.408 e. The highest BCUT2D eigenvalue weighted by molar-refractivity contribution is 5.86. The molecule has 2 amide bonds. The SMILES string of the molecule is CC(CNC(=O)C(Cc1ccccc1)NC(=O)OC(C)(C)C)N1CCCC1. The van der Waals surface area contributed by atoms with Crippen LogP contribution in [0.25, 0.3) is 0 Å². The summed E-state index contributed by atoms with van der Waals surface area (Å²) in [4.78, 5) is 27.3. The Labute approximate surface area is 162 Å². The first-order valence-corrected chi connectivity index (χ1v) is 9.80. The van der Waals surface area contributed by atoms with Gasteiger partial charge in [0.05, 0.1) is 0 Å².